The quantitative estimate of drug-likeness (QED) is 0.0416. The molecular weight excluding hydrogens is 1000 g/mol. The monoisotopic (exact) mass is 1090 g/mol. The number of hydrogen-bond donors (Lipinski definition) is 15. The second kappa shape index (κ2) is 31.6. The van der Waals surface area contributed by atoms with Gasteiger partial charge >= 0.3 is 0 Å². The predicted octanol–water partition coefficient (Wildman–Crippen LogP) is -2.00. The van der Waals surface area contributed by atoms with Crippen molar-refractivity contribution < 1.29 is 74.4 Å². The zero-order valence-electron chi connectivity index (χ0n) is 45.4. The van der Waals surface area contributed by atoms with Crippen LogP contribution in [0.2, 0.25) is 0 Å². The number of Topliss-reactive ketones (excluding diaryl/α,β-unsaturated/α-hetero) is 1. The fourth-order valence-corrected chi connectivity index (χ4v) is 10.5. The highest BCUT2D eigenvalue weighted by Gasteiger charge is 2.49. The second-order valence-corrected chi connectivity index (χ2v) is 21.5. The number of unbranched alkanes of at least 4 members (excludes halogenated alkanes) is 5. The Morgan fingerprint density at radius 2 is 1.42 bits per heavy atom. The number of aliphatic hydroxyl groups is 7. The first kappa shape index (κ1) is 64.6. The Balaban J connectivity index is 1.73. The minimum Gasteiger partial charge on any atom is -0.508 e. The van der Waals surface area contributed by atoms with Gasteiger partial charge in [-0.2, -0.15) is 0 Å². The van der Waals surface area contributed by atoms with Gasteiger partial charge in [-0.3, -0.25) is 38.9 Å². The van der Waals surface area contributed by atoms with Crippen LogP contribution in [0.4, 0.5) is 0 Å². The number of carbonyl (C=O) groups excluding carboxylic acids is 7. The molecule has 3 aliphatic heterocycles. The van der Waals surface area contributed by atoms with E-state index >= 15 is 0 Å². The van der Waals surface area contributed by atoms with E-state index in [1.54, 1.807) is 7.05 Å². The fraction of sp³-hybridized carbons (Fsp3) is 0.755. The SMILES string of the molecule is CCC(C)CC(C)CCCCCCCCC(=O)N[C@H]1C[C@@H](O)[C@@H](NCNC)NC(=O)[C@@H]2[C@@H](O)CCN2C(=O)[C@H]([C@H](O)CCN)NC(=O)[C@H]([C@H](O)[C@@H](O)c2ccc(O)cc2)CC(=O)[C@@H]2C[C@@H](O)CN2C(=O)[C@H]([C@@H](C)O)NC1=O. The Morgan fingerprint density at radius 3 is 2.05 bits per heavy atom. The van der Waals surface area contributed by atoms with E-state index < -0.39 is 152 Å². The Bertz CT molecular complexity index is 2070. The standard InChI is InChI=1S/C53H89N9O15/c1-6-29(2)23-30(3)13-11-9-7-8-10-12-14-42(70)57-36-26-41(69)48(56-28-55-5)60-51(75)45-39(67)20-22-61(45)53(77)44(38(66)19-21-54)59-49(73)35(47(72)46(71)32-15-17-33(64)18-16-32)25-40(68)37-24-34(65)27-62(37)52(76)43(31(4)63)58-50(36)74/h15-18,29-31,34-39,41,43-48,55-56,63-67,69,71-72H,6-14,19-28,54H2,1-5H3,(H,57,70)(H,58,74)(H,59,73)(H,60,75)/t29?,30?,31-,34-,35+,36+,37+,38-,39+,41-,43+,44+,45+,46+,47+,48+/m1/s1. The first-order valence-electron chi connectivity index (χ1n) is 27.5. The van der Waals surface area contributed by atoms with E-state index in [1.165, 1.54) is 37.6 Å². The molecule has 16 atom stereocenters. The van der Waals surface area contributed by atoms with Crippen molar-refractivity contribution in [1.82, 2.24) is 41.7 Å². The van der Waals surface area contributed by atoms with Crippen LogP contribution in [0.25, 0.3) is 0 Å². The highest BCUT2D eigenvalue weighted by atomic mass is 16.3. The van der Waals surface area contributed by atoms with Crippen LogP contribution < -0.4 is 37.6 Å². The summed E-state index contributed by atoms with van der Waals surface area (Å²) in [6.45, 7) is 6.86. The summed E-state index contributed by atoms with van der Waals surface area (Å²) in [6.07, 6.45) is -7.35. The van der Waals surface area contributed by atoms with Crippen molar-refractivity contribution >= 4 is 41.2 Å². The minimum absolute atomic E-state index is 0.0123. The number of aliphatic hydroxyl groups excluding tert-OH is 7. The molecule has 3 heterocycles. The Hall–Kier alpha value is -4.89. The van der Waals surface area contributed by atoms with Crippen LogP contribution in [0.1, 0.15) is 136 Å². The number of rotatable bonds is 23. The summed E-state index contributed by atoms with van der Waals surface area (Å²) in [7, 11) is 1.55. The van der Waals surface area contributed by atoms with Crippen molar-refractivity contribution in [3.63, 3.8) is 0 Å². The summed E-state index contributed by atoms with van der Waals surface area (Å²) in [5, 5.41) is 105. The molecule has 0 aromatic heterocycles. The molecule has 0 spiro atoms. The summed E-state index contributed by atoms with van der Waals surface area (Å²) >= 11 is 0. The average Bonchev–Trinajstić information content (AvgIpc) is 3.99. The van der Waals surface area contributed by atoms with E-state index in [0.717, 1.165) is 54.7 Å². The number of aromatic hydroxyl groups is 1. The average molecular weight is 1090 g/mol. The van der Waals surface area contributed by atoms with Crippen molar-refractivity contribution in [3.8, 4) is 5.75 Å². The van der Waals surface area contributed by atoms with Gasteiger partial charge in [0.15, 0.2) is 5.78 Å². The molecule has 0 aliphatic carbocycles. The number of fused-ring (bicyclic) bond motifs is 2. The van der Waals surface area contributed by atoms with Gasteiger partial charge in [-0.25, -0.2) is 0 Å². The van der Waals surface area contributed by atoms with Gasteiger partial charge in [0, 0.05) is 45.4 Å². The number of phenols is 1. The zero-order valence-corrected chi connectivity index (χ0v) is 45.4. The lowest BCUT2D eigenvalue weighted by atomic mass is 9.86. The maximum Gasteiger partial charge on any atom is 0.248 e. The van der Waals surface area contributed by atoms with Gasteiger partial charge in [0.1, 0.15) is 42.2 Å². The molecule has 24 nitrogen and oxygen atoms in total. The molecule has 3 saturated heterocycles. The van der Waals surface area contributed by atoms with Crippen LogP contribution in [0.3, 0.4) is 0 Å². The highest BCUT2D eigenvalue weighted by Crippen LogP contribution is 2.30. The summed E-state index contributed by atoms with van der Waals surface area (Å²) in [4.78, 5) is 102. The molecule has 2 unspecified atom stereocenters. The summed E-state index contributed by atoms with van der Waals surface area (Å²) in [6, 6.07) is -3.81. The Kier molecular flexibility index (Phi) is 26.6. The molecule has 3 aliphatic rings. The van der Waals surface area contributed by atoms with Gasteiger partial charge in [-0.1, -0.05) is 77.8 Å². The number of benzene rings is 1. The van der Waals surface area contributed by atoms with Crippen molar-refractivity contribution in [2.75, 3.05) is 33.4 Å². The largest absolute Gasteiger partial charge is 0.508 e. The van der Waals surface area contributed by atoms with Crippen molar-refractivity contribution in [3.05, 3.63) is 29.8 Å². The molecule has 6 amide bonds. The van der Waals surface area contributed by atoms with Gasteiger partial charge in [-0.05, 0) is 75.7 Å². The third kappa shape index (κ3) is 18.9. The van der Waals surface area contributed by atoms with E-state index in [0.29, 0.717) is 18.3 Å². The van der Waals surface area contributed by atoms with E-state index in [4.69, 9.17) is 5.73 Å². The maximum absolute atomic E-state index is 14.6. The molecule has 0 radical (unpaired) electrons. The molecule has 0 bridgehead atoms. The van der Waals surface area contributed by atoms with Crippen LogP contribution in [-0.4, -0.2) is 198 Å². The van der Waals surface area contributed by atoms with Gasteiger partial charge in [0.05, 0.1) is 48.6 Å². The van der Waals surface area contributed by atoms with Crippen molar-refractivity contribution in [2.45, 2.75) is 203 Å². The van der Waals surface area contributed by atoms with Crippen LogP contribution in [0.15, 0.2) is 24.3 Å². The van der Waals surface area contributed by atoms with Gasteiger partial charge in [0.25, 0.3) is 0 Å². The van der Waals surface area contributed by atoms with E-state index in [9.17, 15) is 74.4 Å². The number of nitrogens with two attached hydrogens (primary N) is 1. The molecule has 4 rings (SSSR count). The van der Waals surface area contributed by atoms with Gasteiger partial charge in [0.2, 0.25) is 35.4 Å². The maximum atomic E-state index is 14.6. The summed E-state index contributed by atoms with van der Waals surface area (Å²) in [5.74, 6) is -7.87. The predicted molar refractivity (Wildman–Crippen MR) is 281 cm³/mol. The number of carbonyl (C=O) groups is 7. The number of amides is 6. The molecule has 436 valence electrons. The summed E-state index contributed by atoms with van der Waals surface area (Å²) in [5.41, 5.74) is 5.75. The van der Waals surface area contributed by atoms with Crippen LogP contribution in [0.5, 0.6) is 5.75 Å². The van der Waals surface area contributed by atoms with E-state index in [-0.39, 0.29) is 50.3 Å². The highest BCUT2D eigenvalue weighted by molar-refractivity contribution is 5.98. The fourth-order valence-electron chi connectivity index (χ4n) is 10.5. The molecule has 1 aromatic rings. The molecule has 3 fully saturated rings. The van der Waals surface area contributed by atoms with Crippen molar-refractivity contribution in [2.24, 2.45) is 23.5 Å². The number of nitrogens with zero attached hydrogens (tertiary/aromatic N) is 2. The van der Waals surface area contributed by atoms with Crippen LogP contribution >= 0.6 is 0 Å². The molecule has 16 N–H and O–H groups in total. The third-order valence-electron chi connectivity index (χ3n) is 15.2. The van der Waals surface area contributed by atoms with Crippen molar-refractivity contribution in [1.29, 1.82) is 0 Å². The second-order valence-electron chi connectivity index (χ2n) is 21.5. The zero-order chi connectivity index (χ0) is 57.1. The lowest BCUT2D eigenvalue weighted by molar-refractivity contribution is -0.149. The molecule has 77 heavy (non-hydrogen) atoms. The summed E-state index contributed by atoms with van der Waals surface area (Å²) < 4.78 is 0. The first-order valence-corrected chi connectivity index (χ1v) is 27.5. The number of nitrogens with one attached hydrogen (secondary N) is 6. The van der Waals surface area contributed by atoms with Crippen LogP contribution in [0, 0.1) is 17.8 Å². The lowest BCUT2D eigenvalue weighted by Gasteiger charge is -2.34. The molecule has 24 heteroatoms. The molecule has 0 saturated carbocycles. The number of hydrogen-bond acceptors (Lipinski definition) is 18. The topological polar surface area (TPSA) is 386 Å². The lowest BCUT2D eigenvalue weighted by Crippen LogP contribution is -2.63. The normalized spacial score (nSPS) is 28.7. The first-order chi connectivity index (χ1) is 36.5. The minimum atomic E-state index is -2.16. The number of phenolic OH excluding ortho intramolecular Hbond substituents is 1. The Morgan fingerprint density at radius 1 is 0.779 bits per heavy atom. The smallest absolute Gasteiger partial charge is 0.248 e. The number of ketones is 1. The Labute approximate surface area is 451 Å². The van der Waals surface area contributed by atoms with Gasteiger partial charge in [-0.15, -0.1) is 0 Å². The molecule has 1 aromatic carbocycles. The van der Waals surface area contributed by atoms with E-state index in [1.807, 2.05) is 0 Å². The van der Waals surface area contributed by atoms with E-state index in [2.05, 4.69) is 52.7 Å². The molecular formula is C53H89N9O15. The van der Waals surface area contributed by atoms with Gasteiger partial charge < -0.3 is 83.0 Å². The third-order valence-corrected chi connectivity index (χ3v) is 15.2. The van der Waals surface area contributed by atoms with Crippen LogP contribution in [-0.2, 0) is 33.6 Å².